The molecule has 0 bridgehead atoms. The van der Waals surface area contributed by atoms with Crippen molar-refractivity contribution in [2.45, 2.75) is 33.6 Å². The average molecular weight is 152 g/mol. The van der Waals surface area contributed by atoms with Gasteiger partial charge in [-0.3, -0.25) is 4.79 Å². The predicted molar refractivity (Wildman–Crippen MR) is 46.3 cm³/mol. The van der Waals surface area contributed by atoms with Crippen LogP contribution in [0.1, 0.15) is 33.6 Å². The van der Waals surface area contributed by atoms with Crippen molar-refractivity contribution in [2.24, 2.45) is 11.8 Å². The molecule has 2 atom stereocenters. The van der Waals surface area contributed by atoms with Crippen LogP contribution in [0.3, 0.4) is 0 Å². The Labute approximate surface area is 68.5 Å². The third-order valence-corrected chi connectivity index (χ3v) is 2.63. The van der Waals surface area contributed by atoms with Gasteiger partial charge in [-0.25, -0.2) is 0 Å². The largest absolute Gasteiger partial charge is 0.295 e. The van der Waals surface area contributed by atoms with Crippen molar-refractivity contribution in [1.29, 1.82) is 0 Å². The summed E-state index contributed by atoms with van der Waals surface area (Å²) in [6, 6.07) is 0. The molecule has 62 valence electrons. The fourth-order valence-electron chi connectivity index (χ4n) is 1.70. The topological polar surface area (TPSA) is 17.1 Å². The van der Waals surface area contributed by atoms with Crippen molar-refractivity contribution in [3.63, 3.8) is 0 Å². The van der Waals surface area contributed by atoms with E-state index >= 15 is 0 Å². The van der Waals surface area contributed by atoms with E-state index in [0.717, 1.165) is 6.42 Å². The Hall–Kier alpha value is -0.590. The van der Waals surface area contributed by atoms with Crippen LogP contribution in [0.25, 0.3) is 0 Å². The van der Waals surface area contributed by atoms with Gasteiger partial charge < -0.3 is 0 Å². The van der Waals surface area contributed by atoms with Gasteiger partial charge in [-0.2, -0.15) is 0 Å². The first-order valence-electron chi connectivity index (χ1n) is 4.37. The minimum absolute atomic E-state index is 0.253. The standard InChI is InChI=1S/C10H16O/c1-4-9-5-8(3)10(11)6-7(9)2/h6,8-9H,4-5H2,1-3H3/t8-,9+/m0/s1. The Balaban J connectivity index is 2.76. The van der Waals surface area contributed by atoms with Crippen molar-refractivity contribution in [2.75, 3.05) is 0 Å². The van der Waals surface area contributed by atoms with E-state index in [1.54, 1.807) is 0 Å². The molecule has 0 unspecified atom stereocenters. The molecular weight excluding hydrogens is 136 g/mol. The van der Waals surface area contributed by atoms with E-state index in [-0.39, 0.29) is 5.92 Å². The van der Waals surface area contributed by atoms with Crippen LogP contribution >= 0.6 is 0 Å². The first kappa shape index (κ1) is 8.51. The highest BCUT2D eigenvalue weighted by Crippen LogP contribution is 2.28. The second-order valence-electron chi connectivity index (χ2n) is 3.53. The highest BCUT2D eigenvalue weighted by Gasteiger charge is 2.22. The van der Waals surface area contributed by atoms with E-state index in [2.05, 4.69) is 13.8 Å². The Morgan fingerprint density at radius 1 is 1.64 bits per heavy atom. The van der Waals surface area contributed by atoms with Gasteiger partial charge in [0.1, 0.15) is 0 Å². The van der Waals surface area contributed by atoms with Gasteiger partial charge >= 0.3 is 0 Å². The number of allylic oxidation sites excluding steroid dienone is 2. The lowest BCUT2D eigenvalue weighted by molar-refractivity contribution is -0.118. The zero-order valence-electron chi connectivity index (χ0n) is 7.55. The molecule has 1 nitrogen and oxygen atoms in total. The maximum absolute atomic E-state index is 11.2. The van der Waals surface area contributed by atoms with Crippen molar-refractivity contribution in [3.05, 3.63) is 11.6 Å². The number of hydrogen-bond donors (Lipinski definition) is 0. The highest BCUT2D eigenvalue weighted by molar-refractivity contribution is 5.93. The molecule has 0 heterocycles. The molecule has 0 aromatic carbocycles. The number of rotatable bonds is 1. The van der Waals surface area contributed by atoms with Crippen LogP contribution < -0.4 is 0 Å². The van der Waals surface area contributed by atoms with Gasteiger partial charge in [0, 0.05) is 5.92 Å². The summed E-state index contributed by atoms with van der Waals surface area (Å²) in [6.45, 7) is 6.27. The molecule has 0 saturated heterocycles. The van der Waals surface area contributed by atoms with Crippen LogP contribution in [0, 0.1) is 11.8 Å². The van der Waals surface area contributed by atoms with Crippen molar-refractivity contribution in [3.8, 4) is 0 Å². The summed E-state index contributed by atoms with van der Waals surface area (Å²) in [5.74, 6) is 1.22. The molecular formula is C10H16O. The molecule has 1 heteroatoms. The summed E-state index contributed by atoms with van der Waals surface area (Å²) >= 11 is 0. The average Bonchev–Trinajstić information content (AvgIpc) is 1.97. The van der Waals surface area contributed by atoms with E-state index in [0.29, 0.717) is 11.7 Å². The Bertz CT molecular complexity index is 191. The third kappa shape index (κ3) is 1.70. The molecule has 0 radical (unpaired) electrons. The number of carbonyl (C=O) groups is 1. The van der Waals surface area contributed by atoms with Gasteiger partial charge in [0.05, 0.1) is 0 Å². The summed E-state index contributed by atoms with van der Waals surface area (Å²) in [4.78, 5) is 11.2. The van der Waals surface area contributed by atoms with Crippen LogP contribution in [0.5, 0.6) is 0 Å². The predicted octanol–water partition coefficient (Wildman–Crippen LogP) is 2.57. The van der Waals surface area contributed by atoms with Crippen LogP contribution in [-0.2, 0) is 4.79 Å². The monoisotopic (exact) mass is 152 g/mol. The fourth-order valence-corrected chi connectivity index (χ4v) is 1.70. The summed E-state index contributed by atoms with van der Waals surface area (Å²) < 4.78 is 0. The van der Waals surface area contributed by atoms with Gasteiger partial charge in [0.2, 0.25) is 0 Å². The molecule has 0 aliphatic heterocycles. The lowest BCUT2D eigenvalue weighted by Gasteiger charge is -2.23. The minimum atomic E-state index is 0.253. The van der Waals surface area contributed by atoms with E-state index in [1.165, 1.54) is 12.0 Å². The Kier molecular flexibility index (Phi) is 2.48. The van der Waals surface area contributed by atoms with Gasteiger partial charge in [-0.15, -0.1) is 0 Å². The molecule has 1 aliphatic carbocycles. The maximum Gasteiger partial charge on any atom is 0.158 e. The molecule has 11 heavy (non-hydrogen) atoms. The second-order valence-corrected chi connectivity index (χ2v) is 3.53. The molecule has 0 fully saturated rings. The smallest absolute Gasteiger partial charge is 0.158 e. The summed E-state index contributed by atoms with van der Waals surface area (Å²) in [6.07, 6.45) is 4.04. The molecule has 0 aromatic rings. The summed E-state index contributed by atoms with van der Waals surface area (Å²) in [7, 11) is 0. The van der Waals surface area contributed by atoms with Crippen molar-refractivity contribution >= 4 is 5.78 Å². The lowest BCUT2D eigenvalue weighted by Crippen LogP contribution is -2.20. The first-order chi connectivity index (χ1) is 5.15. The first-order valence-corrected chi connectivity index (χ1v) is 4.37. The minimum Gasteiger partial charge on any atom is -0.295 e. The van der Waals surface area contributed by atoms with E-state index in [1.807, 2.05) is 13.0 Å². The van der Waals surface area contributed by atoms with E-state index in [9.17, 15) is 4.79 Å². The van der Waals surface area contributed by atoms with Gasteiger partial charge in [0.15, 0.2) is 5.78 Å². The van der Waals surface area contributed by atoms with E-state index in [4.69, 9.17) is 0 Å². The quantitative estimate of drug-likeness (QED) is 0.564. The van der Waals surface area contributed by atoms with Crippen LogP contribution in [0.4, 0.5) is 0 Å². The van der Waals surface area contributed by atoms with Crippen LogP contribution in [0.15, 0.2) is 11.6 Å². The van der Waals surface area contributed by atoms with Gasteiger partial charge in [-0.1, -0.05) is 19.4 Å². The fraction of sp³-hybridized carbons (Fsp3) is 0.700. The number of hydrogen-bond acceptors (Lipinski definition) is 1. The maximum atomic E-state index is 11.2. The second kappa shape index (κ2) is 3.21. The molecule has 1 aliphatic rings. The third-order valence-electron chi connectivity index (χ3n) is 2.63. The van der Waals surface area contributed by atoms with Crippen LogP contribution in [-0.4, -0.2) is 5.78 Å². The Morgan fingerprint density at radius 3 is 2.82 bits per heavy atom. The zero-order chi connectivity index (χ0) is 8.43. The summed E-state index contributed by atoms with van der Waals surface area (Å²) in [5, 5.41) is 0. The number of ketones is 1. The molecule has 0 N–H and O–H groups in total. The molecule has 0 amide bonds. The molecule has 0 aromatic heterocycles. The highest BCUT2D eigenvalue weighted by atomic mass is 16.1. The molecule has 1 rings (SSSR count). The van der Waals surface area contributed by atoms with Crippen molar-refractivity contribution < 1.29 is 4.79 Å². The normalized spacial score (nSPS) is 31.9. The SMILES string of the molecule is CC[C@@H]1C[C@H](C)C(=O)C=C1C. The Morgan fingerprint density at radius 2 is 2.27 bits per heavy atom. The summed E-state index contributed by atoms with van der Waals surface area (Å²) in [5.41, 5.74) is 1.27. The van der Waals surface area contributed by atoms with Gasteiger partial charge in [-0.05, 0) is 31.8 Å². The van der Waals surface area contributed by atoms with E-state index < -0.39 is 0 Å². The van der Waals surface area contributed by atoms with Crippen molar-refractivity contribution in [1.82, 2.24) is 0 Å². The van der Waals surface area contributed by atoms with Gasteiger partial charge in [0.25, 0.3) is 0 Å². The molecule has 0 saturated carbocycles. The zero-order valence-corrected chi connectivity index (χ0v) is 7.55. The number of carbonyl (C=O) groups excluding carboxylic acids is 1. The van der Waals surface area contributed by atoms with Crippen LogP contribution in [0.2, 0.25) is 0 Å². The lowest BCUT2D eigenvalue weighted by atomic mass is 9.81. The molecule has 0 spiro atoms.